The normalized spacial score (nSPS) is 26.1. The van der Waals surface area contributed by atoms with Crippen molar-refractivity contribution >= 4 is 11.7 Å². The number of ketones is 1. The van der Waals surface area contributed by atoms with Crippen LogP contribution in [0, 0.1) is 13.8 Å². The van der Waals surface area contributed by atoms with Crippen LogP contribution in [0.25, 0.3) is 0 Å². The van der Waals surface area contributed by atoms with E-state index in [1.165, 1.54) is 12.5 Å². The third-order valence-electron chi connectivity index (χ3n) is 4.59. The Balaban J connectivity index is 1.81. The van der Waals surface area contributed by atoms with Crippen molar-refractivity contribution < 1.29 is 9.59 Å². The van der Waals surface area contributed by atoms with Gasteiger partial charge < -0.3 is 10.6 Å². The maximum Gasteiger partial charge on any atom is 0.267 e. The second-order valence-electron chi connectivity index (χ2n) is 6.36. The minimum Gasteiger partial charge on any atom is -0.376 e. The van der Waals surface area contributed by atoms with Crippen molar-refractivity contribution in [3.8, 4) is 0 Å². The second kappa shape index (κ2) is 5.95. The molecule has 0 radical (unpaired) electrons. The SMILES string of the molecule is Cc1ccc(C(=O)/C=C2\NC3CCCCC3NC2=O)c(C)c1. The molecule has 2 atom stereocenters. The summed E-state index contributed by atoms with van der Waals surface area (Å²) >= 11 is 0. The van der Waals surface area contributed by atoms with Crippen molar-refractivity contribution in [1.82, 2.24) is 10.6 Å². The van der Waals surface area contributed by atoms with Gasteiger partial charge in [0.05, 0.1) is 0 Å². The molecule has 1 heterocycles. The van der Waals surface area contributed by atoms with Gasteiger partial charge in [0.25, 0.3) is 5.91 Å². The lowest BCUT2D eigenvalue weighted by Crippen LogP contribution is -2.58. The summed E-state index contributed by atoms with van der Waals surface area (Å²) in [5, 5.41) is 6.29. The fourth-order valence-electron chi connectivity index (χ4n) is 3.39. The molecule has 4 nitrogen and oxygen atoms in total. The van der Waals surface area contributed by atoms with Crippen molar-refractivity contribution in [2.45, 2.75) is 51.6 Å². The zero-order chi connectivity index (χ0) is 15.7. The Morgan fingerprint density at radius 3 is 2.50 bits per heavy atom. The summed E-state index contributed by atoms with van der Waals surface area (Å²) < 4.78 is 0. The number of carbonyl (C=O) groups excluding carboxylic acids is 2. The van der Waals surface area contributed by atoms with Crippen LogP contribution >= 0.6 is 0 Å². The van der Waals surface area contributed by atoms with Crippen LogP contribution in [0.1, 0.15) is 47.2 Å². The highest BCUT2D eigenvalue weighted by Gasteiger charge is 2.33. The topological polar surface area (TPSA) is 58.2 Å². The van der Waals surface area contributed by atoms with Crippen molar-refractivity contribution in [2.75, 3.05) is 0 Å². The molecule has 1 aliphatic carbocycles. The molecule has 1 saturated carbocycles. The van der Waals surface area contributed by atoms with E-state index >= 15 is 0 Å². The van der Waals surface area contributed by atoms with E-state index in [1.54, 1.807) is 0 Å². The number of amides is 1. The second-order valence-corrected chi connectivity index (χ2v) is 6.36. The smallest absolute Gasteiger partial charge is 0.267 e. The average molecular weight is 298 g/mol. The van der Waals surface area contributed by atoms with Crippen LogP contribution in [0.2, 0.25) is 0 Å². The quantitative estimate of drug-likeness (QED) is 0.651. The molecule has 0 bridgehead atoms. The molecule has 22 heavy (non-hydrogen) atoms. The molecule has 2 fully saturated rings. The van der Waals surface area contributed by atoms with E-state index in [-0.39, 0.29) is 23.8 Å². The fraction of sp³-hybridized carbons (Fsp3) is 0.444. The molecule has 1 aromatic carbocycles. The number of allylic oxidation sites excluding steroid dienone is 1. The maximum absolute atomic E-state index is 12.5. The molecule has 2 N–H and O–H groups in total. The Hall–Kier alpha value is -2.10. The van der Waals surface area contributed by atoms with Crippen LogP contribution in [0.5, 0.6) is 0 Å². The molecule has 116 valence electrons. The highest BCUT2D eigenvalue weighted by atomic mass is 16.2. The first kappa shape index (κ1) is 14.8. The third kappa shape index (κ3) is 2.91. The fourth-order valence-corrected chi connectivity index (χ4v) is 3.39. The highest BCUT2D eigenvalue weighted by Crippen LogP contribution is 2.23. The summed E-state index contributed by atoms with van der Waals surface area (Å²) in [6, 6.07) is 6.19. The van der Waals surface area contributed by atoms with Crippen molar-refractivity contribution in [3.63, 3.8) is 0 Å². The van der Waals surface area contributed by atoms with Gasteiger partial charge in [-0.15, -0.1) is 0 Å². The number of hydrogen-bond acceptors (Lipinski definition) is 3. The molecule has 1 aromatic rings. The highest BCUT2D eigenvalue weighted by molar-refractivity contribution is 6.10. The molecule has 3 rings (SSSR count). The number of fused-ring (bicyclic) bond motifs is 1. The number of piperazine rings is 1. The van der Waals surface area contributed by atoms with Gasteiger partial charge in [-0.25, -0.2) is 0 Å². The first-order valence-corrected chi connectivity index (χ1v) is 7.95. The Kier molecular flexibility index (Phi) is 4.01. The molecule has 1 aliphatic heterocycles. The Morgan fingerprint density at radius 2 is 1.82 bits per heavy atom. The van der Waals surface area contributed by atoms with E-state index in [0.717, 1.165) is 30.4 Å². The number of nitrogens with one attached hydrogen (secondary N) is 2. The summed E-state index contributed by atoms with van der Waals surface area (Å²) in [6.45, 7) is 3.92. The molecule has 1 amide bonds. The third-order valence-corrected chi connectivity index (χ3v) is 4.59. The number of benzene rings is 1. The molecule has 2 unspecified atom stereocenters. The van der Waals surface area contributed by atoms with Crippen molar-refractivity contribution in [1.29, 1.82) is 0 Å². The van der Waals surface area contributed by atoms with Gasteiger partial charge in [-0.1, -0.05) is 36.6 Å². The summed E-state index contributed by atoms with van der Waals surface area (Å²) in [4.78, 5) is 24.6. The van der Waals surface area contributed by atoms with Gasteiger partial charge >= 0.3 is 0 Å². The lowest BCUT2D eigenvalue weighted by atomic mass is 9.88. The van der Waals surface area contributed by atoms with Crippen molar-refractivity contribution in [2.24, 2.45) is 0 Å². The predicted molar refractivity (Wildman–Crippen MR) is 85.7 cm³/mol. The zero-order valence-electron chi connectivity index (χ0n) is 13.1. The molecular weight excluding hydrogens is 276 g/mol. The van der Waals surface area contributed by atoms with Gasteiger partial charge in [-0.2, -0.15) is 0 Å². The first-order valence-electron chi connectivity index (χ1n) is 7.95. The van der Waals surface area contributed by atoms with Gasteiger partial charge in [0, 0.05) is 23.7 Å². The zero-order valence-corrected chi connectivity index (χ0v) is 13.1. The molecule has 1 saturated heterocycles. The summed E-state index contributed by atoms with van der Waals surface area (Å²) in [6.07, 6.45) is 5.82. The van der Waals surface area contributed by atoms with Crippen molar-refractivity contribution in [3.05, 3.63) is 46.7 Å². The Morgan fingerprint density at radius 1 is 1.14 bits per heavy atom. The Bertz CT molecular complexity index is 648. The lowest BCUT2D eigenvalue weighted by molar-refractivity contribution is -0.120. The molecule has 0 spiro atoms. The lowest BCUT2D eigenvalue weighted by Gasteiger charge is -2.38. The van der Waals surface area contributed by atoms with E-state index in [1.807, 2.05) is 32.0 Å². The number of carbonyl (C=O) groups is 2. The monoisotopic (exact) mass is 298 g/mol. The van der Waals surface area contributed by atoms with Crippen LogP contribution in [-0.4, -0.2) is 23.8 Å². The number of aryl methyl sites for hydroxylation is 2. The predicted octanol–water partition coefficient (Wildman–Crippen LogP) is 2.40. The van der Waals surface area contributed by atoms with Gasteiger partial charge in [-0.3, -0.25) is 9.59 Å². The molecular formula is C18H22N2O2. The van der Waals surface area contributed by atoms with E-state index in [9.17, 15) is 9.59 Å². The van der Waals surface area contributed by atoms with Gasteiger partial charge in [0.1, 0.15) is 5.70 Å². The standard InChI is InChI=1S/C18H22N2O2/c1-11-7-8-13(12(2)9-11)17(21)10-16-18(22)20-15-6-4-3-5-14(15)19-16/h7-10,14-15,19H,3-6H2,1-2H3,(H,20,22)/b16-10-. The molecule has 4 heteroatoms. The summed E-state index contributed by atoms with van der Waals surface area (Å²) in [5.74, 6) is -0.286. The van der Waals surface area contributed by atoms with Gasteiger partial charge in [0.2, 0.25) is 0 Å². The average Bonchev–Trinajstić information content (AvgIpc) is 2.47. The van der Waals surface area contributed by atoms with Crippen LogP contribution in [0.15, 0.2) is 30.0 Å². The van der Waals surface area contributed by atoms with E-state index in [4.69, 9.17) is 0 Å². The van der Waals surface area contributed by atoms with Gasteiger partial charge in [-0.05, 0) is 32.3 Å². The van der Waals surface area contributed by atoms with E-state index in [2.05, 4.69) is 10.6 Å². The minimum absolute atomic E-state index is 0.121. The number of hydrogen-bond donors (Lipinski definition) is 2. The Labute approximate surface area is 131 Å². The maximum atomic E-state index is 12.5. The summed E-state index contributed by atoms with van der Waals surface area (Å²) in [7, 11) is 0. The summed E-state index contributed by atoms with van der Waals surface area (Å²) in [5.41, 5.74) is 3.11. The van der Waals surface area contributed by atoms with Crippen LogP contribution in [-0.2, 0) is 4.79 Å². The largest absolute Gasteiger partial charge is 0.376 e. The van der Waals surface area contributed by atoms with Crippen LogP contribution in [0.4, 0.5) is 0 Å². The molecule has 0 aromatic heterocycles. The van der Waals surface area contributed by atoms with E-state index < -0.39 is 0 Å². The first-order chi connectivity index (χ1) is 10.5. The number of rotatable bonds is 2. The van der Waals surface area contributed by atoms with Crippen LogP contribution in [0.3, 0.4) is 0 Å². The van der Waals surface area contributed by atoms with Gasteiger partial charge in [0.15, 0.2) is 5.78 Å². The molecule has 2 aliphatic rings. The van der Waals surface area contributed by atoms with Crippen LogP contribution < -0.4 is 10.6 Å². The van der Waals surface area contributed by atoms with E-state index in [0.29, 0.717) is 11.3 Å². The minimum atomic E-state index is -0.165.